The zero-order chi connectivity index (χ0) is 17.0. The Kier molecular flexibility index (Phi) is 15.8. The van der Waals surface area contributed by atoms with Crippen LogP contribution in [0.3, 0.4) is 0 Å². The van der Waals surface area contributed by atoms with Crippen LogP contribution in [-0.2, 0) is 6.42 Å². The Bertz CT molecular complexity index is 436. The summed E-state index contributed by atoms with van der Waals surface area (Å²) in [6.45, 7) is 2.16. The lowest BCUT2D eigenvalue weighted by Gasteiger charge is -1.89. The van der Waals surface area contributed by atoms with Crippen LogP contribution in [0, 0.1) is 0 Å². The van der Waals surface area contributed by atoms with E-state index in [1.165, 1.54) is 5.56 Å². The molecule has 0 saturated carbocycles. The lowest BCUT2D eigenvalue weighted by molar-refractivity contribution is 1.02. The van der Waals surface area contributed by atoms with Gasteiger partial charge < -0.3 is 5.32 Å². The van der Waals surface area contributed by atoms with Gasteiger partial charge in [0.2, 0.25) is 0 Å². The fourth-order valence-corrected chi connectivity index (χ4v) is 1.48. The Morgan fingerprint density at radius 2 is 0.739 bits per heavy atom. The summed E-state index contributed by atoms with van der Waals surface area (Å²) in [6.07, 6.45) is 1.14. The largest absolute Gasteiger partial charge is 0.323 e. The second kappa shape index (κ2) is 17.7. The average molecular weight is 307 g/mol. The molecule has 3 rings (SSSR count). The lowest BCUT2D eigenvalue weighted by atomic mass is 10.2. The molecular weight excluding hydrogens is 278 g/mol. The van der Waals surface area contributed by atoms with Crippen molar-refractivity contribution in [2.75, 3.05) is 14.1 Å². The predicted octanol–water partition coefficient (Wildman–Crippen LogP) is 5.46. The molecule has 0 aliphatic heterocycles. The van der Waals surface area contributed by atoms with Gasteiger partial charge in [-0.1, -0.05) is 110 Å². The summed E-state index contributed by atoms with van der Waals surface area (Å²) < 4.78 is 0. The number of hydrogen-bond acceptors (Lipinski definition) is 1. The highest BCUT2D eigenvalue weighted by atomic mass is 14.7. The zero-order valence-corrected chi connectivity index (χ0v) is 14.5. The molecule has 0 atom stereocenters. The molecule has 0 aliphatic carbocycles. The summed E-state index contributed by atoms with van der Waals surface area (Å²) in [5, 5.41) is 2.75. The van der Waals surface area contributed by atoms with E-state index in [2.05, 4.69) is 36.5 Å². The predicted molar refractivity (Wildman–Crippen MR) is 104 cm³/mol. The highest BCUT2D eigenvalue weighted by molar-refractivity contribution is 5.13. The lowest BCUT2D eigenvalue weighted by Crippen LogP contribution is -1.89. The van der Waals surface area contributed by atoms with Gasteiger partial charge in [-0.15, -0.1) is 0 Å². The molecule has 0 unspecified atom stereocenters. The molecule has 1 nitrogen and oxygen atoms in total. The average Bonchev–Trinajstić information content (AvgIpc) is 2.67. The van der Waals surface area contributed by atoms with Crippen molar-refractivity contribution < 1.29 is 0 Å². The Balaban J connectivity index is 0.000000295. The first-order valence-corrected chi connectivity index (χ1v) is 7.97. The van der Waals surface area contributed by atoms with Crippen molar-refractivity contribution >= 4 is 0 Å². The number of rotatable bonds is 1. The molecule has 3 aromatic carbocycles. The van der Waals surface area contributed by atoms with Gasteiger partial charge in [-0.2, -0.15) is 0 Å². The molecule has 0 saturated heterocycles. The summed E-state index contributed by atoms with van der Waals surface area (Å²) in [7, 11) is 3.75. The van der Waals surface area contributed by atoms with Gasteiger partial charge in [0.25, 0.3) is 0 Å². The first-order chi connectivity index (χ1) is 11.3. The maximum absolute atomic E-state index is 2.75. The van der Waals surface area contributed by atoms with Gasteiger partial charge in [0, 0.05) is 0 Å². The van der Waals surface area contributed by atoms with Crippen molar-refractivity contribution in [3.05, 3.63) is 109 Å². The summed E-state index contributed by atoms with van der Waals surface area (Å²) >= 11 is 0. The normalized spacial score (nSPS) is 8.13. The molecule has 0 heterocycles. The van der Waals surface area contributed by atoms with Crippen LogP contribution in [0.25, 0.3) is 0 Å². The molecule has 1 heteroatoms. The molecule has 122 valence electrons. The molecular formula is C22H29N. The third-order valence-electron chi connectivity index (χ3n) is 2.58. The second-order valence-electron chi connectivity index (χ2n) is 4.65. The third kappa shape index (κ3) is 15.8. The van der Waals surface area contributed by atoms with Gasteiger partial charge in [0.15, 0.2) is 0 Å². The van der Waals surface area contributed by atoms with Crippen molar-refractivity contribution in [3.63, 3.8) is 0 Å². The Morgan fingerprint density at radius 3 is 0.913 bits per heavy atom. The van der Waals surface area contributed by atoms with E-state index in [-0.39, 0.29) is 0 Å². The second-order valence-corrected chi connectivity index (χ2v) is 4.65. The van der Waals surface area contributed by atoms with Crippen molar-refractivity contribution in [2.45, 2.75) is 13.3 Å². The van der Waals surface area contributed by atoms with Gasteiger partial charge in [-0.3, -0.25) is 0 Å². The van der Waals surface area contributed by atoms with Crippen molar-refractivity contribution in [2.24, 2.45) is 0 Å². The highest BCUT2D eigenvalue weighted by Gasteiger charge is 1.79. The molecule has 3 aromatic rings. The van der Waals surface area contributed by atoms with E-state index in [9.17, 15) is 0 Å². The molecule has 0 amide bonds. The van der Waals surface area contributed by atoms with E-state index in [1.54, 1.807) is 0 Å². The summed E-state index contributed by atoms with van der Waals surface area (Å²) in [5.41, 5.74) is 1.41. The molecule has 0 fully saturated rings. The topological polar surface area (TPSA) is 12.0 Å². The first-order valence-electron chi connectivity index (χ1n) is 7.97. The van der Waals surface area contributed by atoms with Crippen molar-refractivity contribution in [1.29, 1.82) is 0 Å². The van der Waals surface area contributed by atoms with E-state index in [0.29, 0.717) is 0 Å². The maximum atomic E-state index is 2.75. The van der Waals surface area contributed by atoms with Crippen LogP contribution in [0.15, 0.2) is 103 Å². The number of aryl methyl sites for hydroxylation is 1. The minimum Gasteiger partial charge on any atom is -0.323 e. The number of nitrogens with one attached hydrogen (secondary N) is 1. The smallest absolute Gasteiger partial charge is 0.0167 e. The van der Waals surface area contributed by atoms with E-state index < -0.39 is 0 Å². The van der Waals surface area contributed by atoms with Crippen LogP contribution in [-0.4, -0.2) is 14.1 Å². The Morgan fingerprint density at radius 1 is 0.522 bits per heavy atom. The first kappa shape index (κ1) is 20.6. The Labute approximate surface area is 142 Å². The van der Waals surface area contributed by atoms with Crippen LogP contribution in [0.1, 0.15) is 12.5 Å². The van der Waals surface area contributed by atoms with E-state index in [4.69, 9.17) is 0 Å². The van der Waals surface area contributed by atoms with Gasteiger partial charge in [-0.25, -0.2) is 0 Å². The van der Waals surface area contributed by atoms with E-state index in [0.717, 1.165) is 6.42 Å². The van der Waals surface area contributed by atoms with Crippen molar-refractivity contribution in [3.8, 4) is 0 Å². The van der Waals surface area contributed by atoms with Crippen LogP contribution < -0.4 is 5.32 Å². The van der Waals surface area contributed by atoms with Crippen molar-refractivity contribution in [1.82, 2.24) is 5.32 Å². The summed E-state index contributed by atoms with van der Waals surface area (Å²) in [6, 6.07) is 34.5. The molecule has 1 N–H and O–H groups in total. The summed E-state index contributed by atoms with van der Waals surface area (Å²) in [4.78, 5) is 0. The van der Waals surface area contributed by atoms with Gasteiger partial charge in [-0.05, 0) is 26.1 Å². The SMILES string of the molecule is CCc1ccccc1.CNC.c1ccccc1.c1ccccc1. The minimum atomic E-state index is 1.14. The van der Waals surface area contributed by atoms with E-state index in [1.807, 2.05) is 93.0 Å². The fraction of sp³-hybridized carbons (Fsp3) is 0.182. The van der Waals surface area contributed by atoms with Crippen LogP contribution in [0.5, 0.6) is 0 Å². The molecule has 0 aromatic heterocycles. The van der Waals surface area contributed by atoms with Crippen LogP contribution >= 0.6 is 0 Å². The third-order valence-corrected chi connectivity index (χ3v) is 2.58. The fourth-order valence-electron chi connectivity index (χ4n) is 1.48. The number of hydrogen-bond donors (Lipinski definition) is 1. The number of benzene rings is 3. The Hall–Kier alpha value is -2.38. The highest BCUT2D eigenvalue weighted by Crippen LogP contribution is 1.96. The summed E-state index contributed by atoms with van der Waals surface area (Å²) in [5.74, 6) is 0. The van der Waals surface area contributed by atoms with Gasteiger partial charge in [0.1, 0.15) is 0 Å². The standard InChI is InChI=1S/C8H10.2C6H6.C2H7N/c1-2-8-6-4-3-5-7-8;2*1-2-4-6-5-3-1;1-3-2/h3-7H,2H2,1H3;2*1-6H;3H,1-2H3. The molecule has 0 spiro atoms. The van der Waals surface area contributed by atoms with E-state index >= 15 is 0 Å². The quantitative estimate of drug-likeness (QED) is 0.629. The van der Waals surface area contributed by atoms with Crippen LogP contribution in [0.2, 0.25) is 0 Å². The van der Waals surface area contributed by atoms with Gasteiger partial charge in [0.05, 0.1) is 0 Å². The van der Waals surface area contributed by atoms with Crippen LogP contribution in [0.4, 0.5) is 0 Å². The zero-order valence-electron chi connectivity index (χ0n) is 14.5. The molecule has 23 heavy (non-hydrogen) atoms. The molecule has 0 radical (unpaired) electrons. The monoisotopic (exact) mass is 307 g/mol. The maximum Gasteiger partial charge on any atom is -0.0167 e. The minimum absolute atomic E-state index is 1.14. The molecule has 0 bridgehead atoms. The molecule has 0 aliphatic rings. The van der Waals surface area contributed by atoms with Gasteiger partial charge >= 0.3 is 0 Å².